The number of hydrogen-bond acceptors (Lipinski definition) is 5. The van der Waals surface area contributed by atoms with E-state index in [1.807, 2.05) is 61.7 Å². The third-order valence-corrected chi connectivity index (χ3v) is 3.98. The van der Waals surface area contributed by atoms with E-state index in [9.17, 15) is 4.79 Å². The molecule has 1 N–H and O–H groups in total. The summed E-state index contributed by atoms with van der Waals surface area (Å²) in [5.41, 5.74) is 3.08. The number of amides is 1. The SMILES string of the molecule is CSc1nnnn1-c1cccc(NC(=O)c2ccccc2C)c1. The number of nitrogens with one attached hydrogen (secondary N) is 1. The first-order chi connectivity index (χ1) is 11.2. The highest BCUT2D eigenvalue weighted by Gasteiger charge is 2.11. The van der Waals surface area contributed by atoms with Crippen molar-refractivity contribution in [1.82, 2.24) is 20.2 Å². The maximum atomic E-state index is 12.4. The van der Waals surface area contributed by atoms with Crippen LogP contribution in [0.1, 0.15) is 15.9 Å². The summed E-state index contributed by atoms with van der Waals surface area (Å²) >= 11 is 1.46. The second kappa shape index (κ2) is 6.62. The number of rotatable bonds is 4. The van der Waals surface area contributed by atoms with Gasteiger partial charge in [-0.15, -0.1) is 5.10 Å². The van der Waals surface area contributed by atoms with Crippen molar-refractivity contribution in [2.45, 2.75) is 12.1 Å². The topological polar surface area (TPSA) is 72.7 Å². The molecular formula is C16H15N5OS. The van der Waals surface area contributed by atoms with E-state index in [2.05, 4.69) is 20.8 Å². The molecule has 0 saturated heterocycles. The zero-order valence-electron chi connectivity index (χ0n) is 12.7. The highest BCUT2D eigenvalue weighted by atomic mass is 32.2. The van der Waals surface area contributed by atoms with E-state index in [-0.39, 0.29) is 5.91 Å². The third-order valence-electron chi connectivity index (χ3n) is 3.36. The van der Waals surface area contributed by atoms with Gasteiger partial charge in [-0.05, 0) is 53.4 Å². The molecule has 0 aliphatic rings. The number of carbonyl (C=O) groups is 1. The van der Waals surface area contributed by atoms with Crippen molar-refractivity contribution in [2.75, 3.05) is 11.6 Å². The molecule has 0 atom stereocenters. The first-order valence-corrected chi connectivity index (χ1v) is 8.21. The van der Waals surface area contributed by atoms with Crippen molar-refractivity contribution in [3.8, 4) is 5.69 Å². The fraction of sp³-hybridized carbons (Fsp3) is 0.125. The second-order valence-electron chi connectivity index (χ2n) is 4.90. The molecule has 0 aliphatic carbocycles. The Balaban J connectivity index is 1.86. The van der Waals surface area contributed by atoms with Crippen molar-refractivity contribution in [3.63, 3.8) is 0 Å². The number of anilines is 1. The largest absolute Gasteiger partial charge is 0.322 e. The molecule has 0 saturated carbocycles. The lowest BCUT2D eigenvalue weighted by Crippen LogP contribution is -2.13. The van der Waals surface area contributed by atoms with Crippen LogP contribution >= 0.6 is 11.8 Å². The van der Waals surface area contributed by atoms with Crippen molar-refractivity contribution in [1.29, 1.82) is 0 Å². The lowest BCUT2D eigenvalue weighted by atomic mass is 10.1. The zero-order valence-corrected chi connectivity index (χ0v) is 13.5. The monoisotopic (exact) mass is 325 g/mol. The van der Waals surface area contributed by atoms with Crippen molar-refractivity contribution < 1.29 is 4.79 Å². The van der Waals surface area contributed by atoms with E-state index in [1.54, 1.807) is 4.68 Å². The van der Waals surface area contributed by atoms with E-state index >= 15 is 0 Å². The van der Waals surface area contributed by atoms with Gasteiger partial charge in [0.15, 0.2) is 0 Å². The van der Waals surface area contributed by atoms with Gasteiger partial charge in [0.2, 0.25) is 5.16 Å². The van der Waals surface area contributed by atoms with Crippen LogP contribution in [0.3, 0.4) is 0 Å². The first kappa shape index (κ1) is 15.2. The van der Waals surface area contributed by atoms with E-state index in [0.717, 1.165) is 11.3 Å². The maximum Gasteiger partial charge on any atom is 0.255 e. The fourth-order valence-corrected chi connectivity index (χ4v) is 2.64. The van der Waals surface area contributed by atoms with Gasteiger partial charge in [-0.25, -0.2) is 0 Å². The molecule has 0 spiro atoms. The van der Waals surface area contributed by atoms with E-state index < -0.39 is 0 Å². The Bertz CT molecular complexity index is 846. The van der Waals surface area contributed by atoms with Gasteiger partial charge in [0.05, 0.1) is 5.69 Å². The molecule has 3 aromatic rings. The molecular weight excluding hydrogens is 310 g/mol. The summed E-state index contributed by atoms with van der Waals surface area (Å²) in [6.07, 6.45) is 1.91. The summed E-state index contributed by atoms with van der Waals surface area (Å²) in [5.74, 6) is -0.137. The van der Waals surface area contributed by atoms with Crippen molar-refractivity contribution in [3.05, 3.63) is 59.7 Å². The van der Waals surface area contributed by atoms with Gasteiger partial charge in [-0.2, -0.15) is 4.68 Å². The minimum Gasteiger partial charge on any atom is -0.322 e. The molecule has 2 aromatic carbocycles. The highest BCUT2D eigenvalue weighted by molar-refractivity contribution is 7.98. The van der Waals surface area contributed by atoms with Crippen LogP contribution in [0.15, 0.2) is 53.7 Å². The molecule has 1 heterocycles. The van der Waals surface area contributed by atoms with Crippen LogP contribution in [-0.4, -0.2) is 32.4 Å². The number of aryl methyl sites for hydroxylation is 1. The fourth-order valence-electron chi connectivity index (χ4n) is 2.21. The van der Waals surface area contributed by atoms with E-state index in [4.69, 9.17) is 0 Å². The summed E-state index contributed by atoms with van der Waals surface area (Å²) in [6, 6.07) is 14.9. The summed E-state index contributed by atoms with van der Waals surface area (Å²) in [6.45, 7) is 1.91. The van der Waals surface area contributed by atoms with Gasteiger partial charge in [0, 0.05) is 11.3 Å². The number of nitrogens with zero attached hydrogens (tertiary/aromatic N) is 4. The quantitative estimate of drug-likeness (QED) is 0.747. The van der Waals surface area contributed by atoms with Gasteiger partial charge in [-0.3, -0.25) is 4.79 Å². The van der Waals surface area contributed by atoms with Gasteiger partial charge in [0.1, 0.15) is 0 Å². The summed E-state index contributed by atoms with van der Waals surface area (Å²) < 4.78 is 1.63. The molecule has 23 heavy (non-hydrogen) atoms. The van der Waals surface area contributed by atoms with Crippen LogP contribution in [0.4, 0.5) is 5.69 Å². The van der Waals surface area contributed by atoms with Crippen molar-refractivity contribution in [2.24, 2.45) is 0 Å². The second-order valence-corrected chi connectivity index (χ2v) is 5.67. The van der Waals surface area contributed by atoms with Crippen LogP contribution < -0.4 is 5.32 Å². The Morgan fingerprint density at radius 2 is 2.00 bits per heavy atom. The van der Waals surface area contributed by atoms with Crippen molar-refractivity contribution >= 4 is 23.4 Å². The minimum absolute atomic E-state index is 0.137. The number of aromatic nitrogens is 4. The summed E-state index contributed by atoms with van der Waals surface area (Å²) in [4.78, 5) is 12.4. The number of benzene rings is 2. The Morgan fingerprint density at radius 3 is 2.78 bits per heavy atom. The number of thioether (sulfide) groups is 1. The summed E-state index contributed by atoms with van der Waals surface area (Å²) in [5, 5.41) is 15.2. The molecule has 0 radical (unpaired) electrons. The molecule has 6 nitrogen and oxygen atoms in total. The molecule has 3 rings (SSSR count). The van der Waals surface area contributed by atoms with Crippen LogP contribution in [-0.2, 0) is 0 Å². The molecule has 0 fully saturated rings. The van der Waals surface area contributed by atoms with Gasteiger partial charge in [0.25, 0.3) is 5.91 Å². The number of carbonyl (C=O) groups excluding carboxylic acids is 1. The van der Waals surface area contributed by atoms with Gasteiger partial charge in [-0.1, -0.05) is 36.0 Å². The Kier molecular flexibility index (Phi) is 4.38. The molecule has 1 amide bonds. The highest BCUT2D eigenvalue weighted by Crippen LogP contribution is 2.19. The molecule has 116 valence electrons. The Hall–Kier alpha value is -2.67. The lowest BCUT2D eigenvalue weighted by Gasteiger charge is -2.09. The molecule has 0 unspecified atom stereocenters. The van der Waals surface area contributed by atoms with Gasteiger partial charge >= 0.3 is 0 Å². The first-order valence-electron chi connectivity index (χ1n) is 6.99. The Labute approximate surface area is 137 Å². The molecule has 7 heteroatoms. The standard InChI is InChI=1S/C16H15N5OS/c1-11-6-3-4-9-14(11)15(22)17-12-7-5-8-13(10-12)21-16(23-2)18-19-20-21/h3-10H,1-2H3,(H,17,22). The average molecular weight is 325 g/mol. The Morgan fingerprint density at radius 1 is 1.17 bits per heavy atom. The third kappa shape index (κ3) is 3.24. The number of tetrazole rings is 1. The minimum atomic E-state index is -0.137. The molecule has 1 aromatic heterocycles. The summed E-state index contributed by atoms with van der Waals surface area (Å²) in [7, 11) is 0. The van der Waals surface area contributed by atoms with E-state index in [0.29, 0.717) is 16.4 Å². The van der Waals surface area contributed by atoms with E-state index in [1.165, 1.54) is 11.8 Å². The molecule has 0 bridgehead atoms. The van der Waals surface area contributed by atoms with Crippen LogP contribution in [0, 0.1) is 6.92 Å². The smallest absolute Gasteiger partial charge is 0.255 e. The van der Waals surface area contributed by atoms with Crippen LogP contribution in [0.25, 0.3) is 5.69 Å². The number of hydrogen-bond donors (Lipinski definition) is 1. The predicted octanol–water partition coefficient (Wildman–Crippen LogP) is 2.94. The average Bonchev–Trinajstić information content (AvgIpc) is 3.04. The molecule has 0 aliphatic heterocycles. The van der Waals surface area contributed by atoms with Crippen LogP contribution in [0.5, 0.6) is 0 Å². The van der Waals surface area contributed by atoms with Gasteiger partial charge < -0.3 is 5.32 Å². The predicted molar refractivity (Wildman–Crippen MR) is 90.1 cm³/mol. The lowest BCUT2D eigenvalue weighted by molar-refractivity contribution is 0.102. The zero-order chi connectivity index (χ0) is 16.2. The van der Waals surface area contributed by atoms with Crippen LogP contribution in [0.2, 0.25) is 0 Å². The normalized spacial score (nSPS) is 10.5. The maximum absolute atomic E-state index is 12.4.